The Morgan fingerprint density at radius 2 is 1.30 bits per heavy atom. The van der Waals surface area contributed by atoms with Crippen LogP contribution in [-0.4, -0.2) is 134 Å². The molecule has 0 spiro atoms. The average Bonchev–Trinajstić information content (AvgIpc) is 4.37. The number of ether oxygens (including phenoxy) is 12. The van der Waals surface area contributed by atoms with Crippen LogP contribution >= 0.6 is 0 Å². The summed E-state index contributed by atoms with van der Waals surface area (Å²) in [4.78, 5) is 13.8. The highest BCUT2D eigenvalue weighted by Crippen LogP contribution is 2.49. The van der Waals surface area contributed by atoms with Crippen molar-refractivity contribution in [3.63, 3.8) is 0 Å². The second-order valence-electron chi connectivity index (χ2n) is 23.3. The Kier molecular flexibility index (Phi) is 19.6. The van der Waals surface area contributed by atoms with E-state index in [-0.39, 0.29) is 38.3 Å². The van der Waals surface area contributed by atoms with E-state index in [2.05, 4.69) is 43.4 Å². The van der Waals surface area contributed by atoms with Gasteiger partial charge in [0.25, 0.3) is 0 Å². The highest BCUT2D eigenvalue weighted by Gasteiger charge is 2.61. The zero-order valence-corrected chi connectivity index (χ0v) is 48.7. The monoisotopic (exact) mass is 1140 g/mol. The molecule has 1 amide bonds. The summed E-state index contributed by atoms with van der Waals surface area (Å²) < 4.78 is 80.3. The highest BCUT2D eigenvalue weighted by molar-refractivity contribution is 5.79. The normalized spacial score (nSPS) is 34.6. The first kappa shape index (κ1) is 60.6. The summed E-state index contributed by atoms with van der Waals surface area (Å²) >= 11 is 0. The van der Waals surface area contributed by atoms with Crippen molar-refractivity contribution in [2.45, 2.75) is 172 Å². The van der Waals surface area contributed by atoms with Gasteiger partial charge in [0.15, 0.2) is 31.5 Å². The first-order chi connectivity index (χ1) is 40.1. The van der Waals surface area contributed by atoms with Crippen LogP contribution in [0.25, 0.3) is 11.1 Å². The summed E-state index contributed by atoms with van der Waals surface area (Å²) in [6, 6.07) is 45.1. The van der Waals surface area contributed by atoms with Gasteiger partial charge in [0.2, 0.25) is 0 Å². The molecule has 5 saturated heterocycles. The van der Waals surface area contributed by atoms with E-state index in [4.69, 9.17) is 62.3 Å². The van der Waals surface area contributed by atoms with Crippen LogP contribution in [0.1, 0.15) is 102 Å². The van der Waals surface area contributed by atoms with Gasteiger partial charge >= 0.3 is 6.09 Å². The third-order valence-corrected chi connectivity index (χ3v) is 17.3. The summed E-state index contributed by atoms with van der Waals surface area (Å²) in [5, 5.41) is 31.6. The van der Waals surface area contributed by atoms with Crippen LogP contribution in [0, 0.1) is 23.2 Å². The smallest absolute Gasteiger partial charge is 0.407 e. The SMILES string of the molecule is CC(C)=N.CC[C@]12CO[C@@H](OC3[C@H](C)CO[C@@H](O[C@H]4C(C)O[C@@H](O[C@@H]5C(C)[C@@H](NC(=O)OCC6c7ccccc7-c7ccccc76)C(CO)O[C@@H]5O)[C@@H](C)C4(C)OCc4ccccc4)[C@@H]3OCc3ccccc3)C1O[C@H](c1ccccc1)O2. The van der Waals surface area contributed by atoms with Gasteiger partial charge in [-0.25, -0.2) is 4.79 Å². The summed E-state index contributed by atoms with van der Waals surface area (Å²) in [6.45, 7) is 16.0. The number of amides is 1. The topological polar surface area (TPSA) is 204 Å². The minimum absolute atomic E-state index is 0.0950. The van der Waals surface area contributed by atoms with Gasteiger partial charge in [-0.05, 0) is 67.5 Å². The summed E-state index contributed by atoms with van der Waals surface area (Å²) in [7, 11) is 0. The van der Waals surface area contributed by atoms with E-state index in [0.717, 1.165) is 38.9 Å². The molecule has 83 heavy (non-hydrogen) atoms. The molecule has 0 radical (unpaired) electrons. The van der Waals surface area contributed by atoms with E-state index in [1.165, 1.54) is 0 Å². The Hall–Kier alpha value is -5.48. The van der Waals surface area contributed by atoms with E-state index in [9.17, 15) is 15.0 Å². The Balaban J connectivity index is 0.00000186. The van der Waals surface area contributed by atoms with Crippen LogP contribution in [0.15, 0.2) is 140 Å². The minimum Gasteiger partial charge on any atom is -0.449 e. The molecule has 6 aliphatic rings. The van der Waals surface area contributed by atoms with E-state index >= 15 is 0 Å². The Bertz CT molecular complexity index is 2860. The molecule has 6 unspecified atom stereocenters. The number of fused-ring (bicyclic) bond motifs is 4. The minimum atomic E-state index is -1.49. The van der Waals surface area contributed by atoms with E-state index in [1.807, 2.05) is 143 Å². The first-order valence-electron chi connectivity index (χ1n) is 29.3. The van der Waals surface area contributed by atoms with Crippen LogP contribution < -0.4 is 5.32 Å². The van der Waals surface area contributed by atoms with Crippen LogP contribution in [-0.2, 0) is 70.1 Å². The fourth-order valence-corrected chi connectivity index (χ4v) is 12.5. The fourth-order valence-electron chi connectivity index (χ4n) is 12.5. The summed E-state index contributed by atoms with van der Waals surface area (Å²) in [5.41, 5.74) is 6.03. The predicted octanol–water partition coefficient (Wildman–Crippen LogP) is 9.99. The Morgan fingerprint density at radius 3 is 1.93 bits per heavy atom. The average molecular weight is 1140 g/mol. The lowest BCUT2D eigenvalue weighted by Crippen LogP contribution is -2.67. The number of alkyl carbamates (subject to hydrolysis) is 1. The lowest BCUT2D eigenvalue weighted by Gasteiger charge is -2.54. The Labute approximate surface area is 487 Å². The molecule has 5 aromatic rings. The number of hydrogen-bond acceptors (Lipinski definition) is 16. The Morgan fingerprint density at radius 1 is 0.711 bits per heavy atom. The van der Waals surface area contributed by atoms with Crippen molar-refractivity contribution in [1.82, 2.24) is 5.32 Å². The maximum absolute atomic E-state index is 13.8. The first-order valence-corrected chi connectivity index (χ1v) is 29.3. The molecule has 1 aliphatic carbocycles. The second-order valence-corrected chi connectivity index (χ2v) is 23.3. The third kappa shape index (κ3) is 13.2. The van der Waals surface area contributed by atoms with E-state index in [1.54, 1.807) is 13.8 Å². The molecule has 17 heteroatoms. The maximum Gasteiger partial charge on any atom is 0.407 e. The molecule has 4 N–H and O–H groups in total. The number of carbonyl (C=O) groups is 1. The van der Waals surface area contributed by atoms with Crippen molar-refractivity contribution in [1.29, 1.82) is 5.41 Å². The molecule has 5 fully saturated rings. The maximum atomic E-state index is 13.8. The van der Waals surface area contributed by atoms with Gasteiger partial charge in [0.1, 0.15) is 48.3 Å². The number of carbonyl (C=O) groups excluding carboxylic acids is 1. The van der Waals surface area contributed by atoms with E-state index < -0.39 is 116 Å². The molecule has 11 rings (SSSR count). The molecule has 0 saturated carbocycles. The number of rotatable bonds is 18. The third-order valence-electron chi connectivity index (χ3n) is 17.3. The molecular formula is C66H82N2O15. The van der Waals surface area contributed by atoms with Gasteiger partial charge in [-0.2, -0.15) is 0 Å². The van der Waals surface area contributed by atoms with Gasteiger partial charge in [-0.3, -0.25) is 0 Å². The second kappa shape index (κ2) is 26.8. The van der Waals surface area contributed by atoms with Gasteiger partial charge in [0.05, 0.1) is 51.3 Å². The van der Waals surface area contributed by atoms with Crippen molar-refractivity contribution in [2.24, 2.45) is 17.8 Å². The molecule has 0 aromatic heterocycles. The van der Waals surface area contributed by atoms with Crippen molar-refractivity contribution >= 4 is 11.8 Å². The van der Waals surface area contributed by atoms with Crippen LogP contribution in [0.5, 0.6) is 0 Å². The number of nitrogens with one attached hydrogen (secondary N) is 2. The lowest BCUT2D eigenvalue weighted by atomic mass is 9.79. The zero-order chi connectivity index (χ0) is 58.4. The number of hydrogen-bond donors (Lipinski definition) is 4. The summed E-state index contributed by atoms with van der Waals surface area (Å²) in [6.07, 6.45) is -10.2. The highest BCUT2D eigenvalue weighted by atomic mass is 16.8. The van der Waals surface area contributed by atoms with Gasteiger partial charge in [0, 0.05) is 34.9 Å². The number of aliphatic hydroxyl groups excluding tert-OH is 2. The zero-order valence-electron chi connectivity index (χ0n) is 48.7. The standard InChI is InChI=1S/C63H75NO15.C3H7N/c1-7-63-36-71-60(55(63)78-58(79-63)43-25-15-10-16-26-43)75-51-37(2)32-69-59(53(51)68-33-41-21-11-8-12-22-41)77-54-40(5)73-57(39(4)62(54,6)72-34-42-23-13-9-14-24-42)76-52-38(3)50(49(31-65)74-56(52)66)64-61(67)70-35-48-46-29-19-17-27-44(46)45-28-18-20-30-47(45)48;1-3(2)4/h8-30,37-40,48-60,65-66H,7,31-36H2,1-6H3,(H,64,67);4H,1-2H3/t37-,38?,39-,40?,49?,50-,51?,52-,53-,54+,55?,56+,57+,58+,59+,60+,62?,63+;/m1./s1. The van der Waals surface area contributed by atoms with Crippen molar-refractivity contribution in [3.05, 3.63) is 167 Å². The van der Waals surface area contributed by atoms with Crippen molar-refractivity contribution in [2.75, 3.05) is 26.4 Å². The van der Waals surface area contributed by atoms with Crippen LogP contribution in [0.4, 0.5) is 4.79 Å². The van der Waals surface area contributed by atoms with Gasteiger partial charge in [-0.1, -0.05) is 167 Å². The van der Waals surface area contributed by atoms with Crippen molar-refractivity contribution in [3.8, 4) is 11.1 Å². The largest absolute Gasteiger partial charge is 0.449 e. The molecule has 17 nitrogen and oxygen atoms in total. The van der Waals surface area contributed by atoms with Gasteiger partial charge < -0.3 is 77.8 Å². The number of benzene rings is 5. The molecule has 446 valence electrons. The summed E-state index contributed by atoms with van der Waals surface area (Å²) in [5.74, 6) is -1.49. The molecule has 0 bridgehead atoms. The van der Waals surface area contributed by atoms with Crippen molar-refractivity contribution < 1.29 is 71.8 Å². The van der Waals surface area contributed by atoms with Crippen LogP contribution in [0.3, 0.4) is 0 Å². The molecule has 18 atom stereocenters. The lowest BCUT2D eigenvalue weighted by molar-refractivity contribution is -0.383. The molecule has 5 aromatic carbocycles. The number of aliphatic hydroxyl groups is 2. The quantitative estimate of drug-likeness (QED) is 0.0603. The molecule has 5 aliphatic heterocycles. The van der Waals surface area contributed by atoms with Crippen LogP contribution in [0.2, 0.25) is 0 Å². The predicted molar refractivity (Wildman–Crippen MR) is 308 cm³/mol. The fraction of sp³-hybridized carbons (Fsp3) is 0.515. The van der Waals surface area contributed by atoms with Gasteiger partial charge in [-0.15, -0.1) is 0 Å². The molecule has 5 heterocycles. The molecular weight excluding hydrogens is 1060 g/mol. The van der Waals surface area contributed by atoms with E-state index in [0.29, 0.717) is 18.7 Å².